The zero-order valence-corrected chi connectivity index (χ0v) is 23.8. The van der Waals surface area contributed by atoms with Crippen LogP contribution in [0.5, 0.6) is 5.75 Å². The summed E-state index contributed by atoms with van der Waals surface area (Å²) in [6, 6.07) is 10.0. The molecule has 0 saturated carbocycles. The van der Waals surface area contributed by atoms with Crippen molar-refractivity contribution in [1.82, 2.24) is 0 Å². The van der Waals surface area contributed by atoms with Crippen molar-refractivity contribution >= 4 is 42.1 Å². The van der Waals surface area contributed by atoms with Gasteiger partial charge in [-0.05, 0) is 45.1 Å². The number of aromatic hydroxyl groups is 1. The molecule has 2 nitrogen and oxygen atoms in total. The van der Waals surface area contributed by atoms with Crippen molar-refractivity contribution < 1.29 is 22.1 Å². The first kappa shape index (κ1) is 28.5. The van der Waals surface area contributed by atoms with Crippen LogP contribution in [-0.2, 0) is 33.3 Å². The molecule has 2 aromatic rings. The van der Waals surface area contributed by atoms with Gasteiger partial charge in [0, 0.05) is 11.8 Å². The van der Waals surface area contributed by atoms with E-state index in [2.05, 4.69) is 74.4 Å². The second-order valence-electron chi connectivity index (χ2n) is 10.7. The number of halogens is 3. The number of aliphatic imine (C=N–C) groups is 1. The van der Waals surface area contributed by atoms with Gasteiger partial charge >= 0.3 is 35.6 Å². The van der Waals surface area contributed by atoms with Crippen LogP contribution in [0.1, 0.15) is 84.6 Å². The summed E-state index contributed by atoms with van der Waals surface area (Å²) >= 11 is 6.19. The van der Waals surface area contributed by atoms with E-state index in [-0.39, 0.29) is 22.0 Å². The predicted molar refractivity (Wildman–Crippen MR) is 135 cm³/mol. The molecule has 0 unspecified atom stereocenters. The molecule has 31 heavy (non-hydrogen) atoms. The summed E-state index contributed by atoms with van der Waals surface area (Å²) in [5.74, 6) is 0.276. The number of phenols is 1. The quantitative estimate of drug-likeness (QED) is 0.312. The van der Waals surface area contributed by atoms with Crippen LogP contribution in [0.25, 0.3) is 0 Å². The minimum absolute atomic E-state index is 0.0108. The van der Waals surface area contributed by atoms with Gasteiger partial charge in [0.25, 0.3) is 0 Å². The van der Waals surface area contributed by atoms with E-state index in [0.29, 0.717) is 10.6 Å². The van der Waals surface area contributed by atoms with Crippen molar-refractivity contribution in [2.45, 2.75) is 78.6 Å². The fourth-order valence-corrected chi connectivity index (χ4v) is 3.53. The Morgan fingerprint density at radius 2 is 1.35 bits per heavy atom. The molecule has 0 atom stereocenters. The molecule has 2 rings (SSSR count). The van der Waals surface area contributed by atoms with Gasteiger partial charge in [-0.2, -0.15) is 0 Å². The molecule has 0 amide bonds. The van der Waals surface area contributed by atoms with Crippen molar-refractivity contribution in [3.8, 4) is 5.75 Å². The summed E-state index contributed by atoms with van der Waals surface area (Å²) in [5.41, 5.74) is 4.38. The molecule has 170 valence electrons. The van der Waals surface area contributed by atoms with E-state index >= 15 is 0 Å². The first-order valence-corrected chi connectivity index (χ1v) is 14.9. The number of hydrogen-bond acceptors (Lipinski definition) is 2. The maximum absolute atomic E-state index is 10.7. The standard InChI is InChI=1S/C25H34ClNO.2ClH.Ti/c1-23(2,3)17-13-19(25(7,8)9)21(26)20(14-17)27-15-16-11-10-12-18(22(16)28)24(4,5)6;;;/h10-15,28H,1-9H3;2*1H;/q;;;+2/p-2. The molecule has 0 heterocycles. The number of hydrogen-bond donors (Lipinski definition) is 1. The average Bonchev–Trinajstić information content (AvgIpc) is 2.59. The van der Waals surface area contributed by atoms with Crippen molar-refractivity contribution in [3.63, 3.8) is 0 Å². The molecule has 0 aliphatic heterocycles. The van der Waals surface area contributed by atoms with Crippen LogP contribution in [-0.4, -0.2) is 11.3 Å². The fraction of sp³-hybridized carbons (Fsp3) is 0.480. The van der Waals surface area contributed by atoms with Crippen molar-refractivity contribution in [2.24, 2.45) is 4.99 Å². The molecule has 0 spiro atoms. The van der Waals surface area contributed by atoms with E-state index in [1.54, 1.807) is 6.21 Å². The Bertz CT molecular complexity index is 920. The van der Waals surface area contributed by atoms with Crippen LogP contribution >= 0.6 is 30.2 Å². The van der Waals surface area contributed by atoms with E-state index in [1.807, 2.05) is 18.2 Å². The molecule has 0 saturated heterocycles. The third-order valence-electron chi connectivity index (χ3n) is 4.95. The molecule has 0 aliphatic carbocycles. The number of nitrogens with zero attached hydrogens (tertiary/aromatic N) is 1. The van der Waals surface area contributed by atoms with E-state index in [0.717, 1.165) is 16.8 Å². The fourth-order valence-electron chi connectivity index (χ4n) is 3.09. The molecule has 0 aliphatic rings. The van der Waals surface area contributed by atoms with Crippen LogP contribution < -0.4 is 0 Å². The topological polar surface area (TPSA) is 32.6 Å². The Morgan fingerprint density at radius 1 is 0.839 bits per heavy atom. The summed E-state index contributed by atoms with van der Waals surface area (Å²) < 4.78 is 0. The van der Waals surface area contributed by atoms with Crippen molar-refractivity contribution in [3.05, 3.63) is 57.6 Å². The van der Waals surface area contributed by atoms with Crippen LogP contribution in [0, 0.1) is 0 Å². The van der Waals surface area contributed by atoms with Gasteiger partial charge in [0.15, 0.2) is 0 Å². The average molecular weight is 519 g/mol. The number of rotatable bonds is 2. The van der Waals surface area contributed by atoms with E-state index in [4.69, 9.17) is 35.2 Å². The summed E-state index contributed by atoms with van der Waals surface area (Å²) in [6.45, 7) is 19.3. The monoisotopic (exact) mass is 517 g/mol. The van der Waals surface area contributed by atoms with Crippen LogP contribution in [0.2, 0.25) is 5.02 Å². The Labute approximate surface area is 210 Å². The Kier molecular flexibility index (Phi) is 10.2. The molecule has 0 bridgehead atoms. The molecule has 0 radical (unpaired) electrons. The number of phenolic OH excluding ortho intramolecular Hbond substituents is 1. The predicted octanol–water partition coefficient (Wildman–Crippen LogP) is 9.07. The third kappa shape index (κ3) is 8.09. The molecule has 0 aromatic heterocycles. The summed E-state index contributed by atoms with van der Waals surface area (Å²) in [6.07, 6.45) is 1.71. The van der Waals surface area contributed by atoms with E-state index in [9.17, 15) is 5.11 Å². The van der Waals surface area contributed by atoms with Crippen molar-refractivity contribution in [1.29, 1.82) is 0 Å². The van der Waals surface area contributed by atoms with Crippen LogP contribution in [0.3, 0.4) is 0 Å². The van der Waals surface area contributed by atoms with Gasteiger partial charge in [-0.25, -0.2) is 0 Å². The first-order valence-electron chi connectivity index (χ1n) is 10.2. The van der Waals surface area contributed by atoms with Gasteiger partial charge in [0.1, 0.15) is 5.75 Å². The van der Waals surface area contributed by atoms with Gasteiger partial charge in [0.05, 0.1) is 10.7 Å². The zero-order valence-electron chi connectivity index (χ0n) is 20.0. The minimum atomic E-state index is -0.556. The zero-order chi connectivity index (χ0) is 24.2. The van der Waals surface area contributed by atoms with Gasteiger partial charge in [-0.3, -0.25) is 4.99 Å². The molecular formula is C25H34Cl3NOTi. The number of benzene rings is 2. The number of para-hydroxylation sites is 1. The first-order chi connectivity index (χ1) is 14.0. The third-order valence-corrected chi connectivity index (χ3v) is 5.34. The molecule has 2 aromatic carbocycles. The van der Waals surface area contributed by atoms with Crippen LogP contribution in [0.15, 0.2) is 35.3 Å². The van der Waals surface area contributed by atoms with Gasteiger partial charge in [0.2, 0.25) is 0 Å². The normalized spacial score (nSPS) is 12.5. The molecule has 1 N–H and O–H groups in total. The Balaban J connectivity index is 0.00000151. The molecule has 0 fully saturated rings. The molecule has 6 heteroatoms. The van der Waals surface area contributed by atoms with E-state index in [1.165, 1.54) is 5.56 Å². The SMILES string of the molecule is CC(C)(C)c1cc(N=Cc2cccc(C(C)(C)C)c2O)c(Cl)c(C(C)(C)C)c1.[Cl][Ti][Cl]. The molecular weight excluding hydrogens is 485 g/mol. The summed E-state index contributed by atoms with van der Waals surface area (Å²) in [5, 5.41) is 11.4. The van der Waals surface area contributed by atoms with Crippen molar-refractivity contribution in [2.75, 3.05) is 0 Å². The second-order valence-corrected chi connectivity index (χ2v) is 13.6. The van der Waals surface area contributed by atoms with Gasteiger partial charge in [-0.15, -0.1) is 0 Å². The Morgan fingerprint density at radius 3 is 1.81 bits per heavy atom. The van der Waals surface area contributed by atoms with Crippen LogP contribution in [0.4, 0.5) is 5.69 Å². The van der Waals surface area contributed by atoms with E-state index < -0.39 is 17.0 Å². The van der Waals surface area contributed by atoms with Gasteiger partial charge in [-0.1, -0.05) is 92.1 Å². The summed E-state index contributed by atoms with van der Waals surface area (Å²) in [4.78, 5) is 4.69. The van der Waals surface area contributed by atoms with Gasteiger partial charge < -0.3 is 5.11 Å². The maximum atomic E-state index is 10.7. The second kappa shape index (κ2) is 11.1. The Hall–Kier alpha value is -0.506. The summed E-state index contributed by atoms with van der Waals surface area (Å²) in [7, 11) is 9.78.